The number of rotatable bonds is 8. The molecule has 103 heavy (non-hydrogen) atoms. The van der Waals surface area contributed by atoms with E-state index in [0.717, 1.165) is 50.9 Å². The summed E-state index contributed by atoms with van der Waals surface area (Å²) in [6.07, 6.45) is 0. The number of anilines is 18. The van der Waals surface area contributed by atoms with E-state index in [2.05, 4.69) is 381 Å². The first-order valence-corrected chi connectivity index (χ1v) is 37.4. The fourth-order valence-corrected chi connectivity index (χ4v) is 21.6. The van der Waals surface area contributed by atoms with Crippen molar-refractivity contribution in [1.29, 1.82) is 0 Å². The third-order valence-corrected chi connectivity index (χ3v) is 25.2. The van der Waals surface area contributed by atoms with Crippen LogP contribution in [0.5, 0.6) is 0 Å². The van der Waals surface area contributed by atoms with Crippen LogP contribution < -0.4 is 59.9 Å². The first kappa shape index (κ1) is 57.0. The van der Waals surface area contributed by atoms with E-state index < -0.39 is 0 Å². The van der Waals surface area contributed by atoms with Crippen molar-refractivity contribution in [3.8, 4) is 66.8 Å². The molecule has 15 aromatic carbocycles. The molecular weight excluding hydrogens is 1310 g/mol. The molecule has 7 aliphatic rings. The van der Waals surface area contributed by atoms with Crippen molar-refractivity contribution in [3.05, 3.63) is 352 Å². The van der Waals surface area contributed by atoms with E-state index in [1.807, 2.05) is 0 Å². The van der Waals surface area contributed by atoms with E-state index in [4.69, 9.17) is 0 Å². The Balaban J connectivity index is 0.834. The van der Waals surface area contributed by atoms with E-state index >= 15 is 0 Å². The van der Waals surface area contributed by atoms with Gasteiger partial charge in [0.2, 0.25) is 0 Å². The van der Waals surface area contributed by atoms with Crippen LogP contribution in [0, 0.1) is 0 Å². The third kappa shape index (κ3) is 8.01. The van der Waals surface area contributed by atoms with Gasteiger partial charge < -0.3 is 0 Å². The second-order valence-electron chi connectivity index (χ2n) is 27.8. The average molecular weight is 1370 g/mol. The van der Waals surface area contributed by atoms with E-state index in [-0.39, 0.29) is 27.9 Å². The number of para-hydroxylation sites is 4. The molecule has 0 N–H and O–H groups in total. The maximum absolute atomic E-state index is 2.71. The summed E-state index contributed by atoms with van der Waals surface area (Å²) in [6, 6.07) is 132. The van der Waals surface area contributed by atoms with E-state index in [9.17, 15) is 0 Å². The van der Waals surface area contributed by atoms with Gasteiger partial charge in [0.25, 0.3) is 0 Å². The van der Waals surface area contributed by atoms with Crippen molar-refractivity contribution in [3.63, 3.8) is 0 Å². The number of nitrogens with zero attached hydrogens (tertiary/aromatic N) is 6. The quantitative estimate of drug-likeness (QED) is 0.140. The molecule has 0 bridgehead atoms. The minimum absolute atomic E-state index is 0.101. The Kier molecular flexibility index (Phi) is 12.1. The Morgan fingerprint density at radius 2 is 0.515 bits per heavy atom. The van der Waals surface area contributed by atoms with Crippen molar-refractivity contribution < 1.29 is 0 Å². The molecule has 1 aromatic heterocycles. The van der Waals surface area contributed by atoms with Crippen LogP contribution in [0.2, 0.25) is 0 Å². The van der Waals surface area contributed by atoms with Gasteiger partial charge in [0, 0.05) is 0 Å². The maximum atomic E-state index is 2.71. The van der Waals surface area contributed by atoms with Gasteiger partial charge >= 0.3 is 609 Å². The summed E-state index contributed by atoms with van der Waals surface area (Å²) in [5, 5.41) is 0. The predicted octanol–water partition coefficient (Wildman–Crippen LogP) is 20.8. The van der Waals surface area contributed by atoms with Gasteiger partial charge in [-0.25, -0.2) is 0 Å². The van der Waals surface area contributed by atoms with Crippen LogP contribution in [0.15, 0.2) is 352 Å². The van der Waals surface area contributed by atoms with Crippen LogP contribution in [0.25, 0.3) is 66.8 Å². The molecule has 0 atom stereocenters. The zero-order valence-electron chi connectivity index (χ0n) is 55.7. The topological polar surface area (TPSA) is 19.4 Å². The minimum atomic E-state index is -0.210. The Bertz CT molecular complexity index is 6220. The van der Waals surface area contributed by atoms with Crippen molar-refractivity contribution in [2.75, 3.05) is 29.4 Å². The molecule has 0 amide bonds. The number of benzene rings is 15. The van der Waals surface area contributed by atoms with Gasteiger partial charge in [-0.2, -0.15) is 0 Å². The summed E-state index contributed by atoms with van der Waals surface area (Å²) in [4.78, 5) is 16.0. The van der Waals surface area contributed by atoms with Crippen LogP contribution in [0.3, 0.4) is 0 Å². The molecule has 16 aromatic rings. The first-order chi connectivity index (χ1) is 51.2. The molecule has 0 fully saturated rings. The molecule has 7 aliphatic heterocycles. The summed E-state index contributed by atoms with van der Waals surface area (Å²) >= 11 is -0.210. The molecule has 0 unspecified atom stereocenters. The number of hydrogen-bond donors (Lipinski definition) is 0. The van der Waals surface area contributed by atoms with Crippen LogP contribution in [-0.4, -0.2) is 27.9 Å². The van der Waals surface area contributed by atoms with E-state index in [1.54, 1.807) is 0 Å². The van der Waals surface area contributed by atoms with Crippen molar-refractivity contribution in [2.45, 2.75) is 0 Å². The van der Waals surface area contributed by atoms with Gasteiger partial charge in [-0.15, -0.1) is 0 Å². The third-order valence-electron chi connectivity index (χ3n) is 22.5. The summed E-state index contributed by atoms with van der Waals surface area (Å²) in [6.45, 7) is -0.213. The van der Waals surface area contributed by atoms with Gasteiger partial charge in [0.05, 0.1) is 0 Å². The van der Waals surface area contributed by atoms with Crippen molar-refractivity contribution in [2.24, 2.45) is 0 Å². The normalized spacial score (nSPS) is 13.7. The monoisotopic (exact) mass is 1370 g/mol. The van der Waals surface area contributed by atoms with Crippen LogP contribution in [0.4, 0.5) is 102 Å². The molecule has 6 nitrogen and oxygen atoms in total. The second-order valence-corrected chi connectivity index (χ2v) is 30.1. The molecule has 0 saturated heterocycles. The summed E-state index contributed by atoms with van der Waals surface area (Å²) in [5.74, 6) is 0. The standard InChI is InChI=1S/C94H58B2N6Se/c1-9-29-59(30-10-1)65-53-71(63-37-17-5-18-38-63)86-81(56-65)101-79-49-27-48-78-85(79)96(74-55-67(61-33-13-3-14-34-61)58-83(89(74)101)97(86)68-41-21-7-22-42-68)94-92-91-93(103-94)95-73-52-51-70(62-35-15-4-16-36-62)88-90(73)102(80-50-28-47-77(84(80)95)99(91)75-45-25-26-46-76(75)100(78)92)82-57-66(60-31-11-2-12-32-60)54-72(64-39-19-6-20-40-64)87(82)98(88)69-43-23-8-24-44-69/h1-58H. The van der Waals surface area contributed by atoms with Gasteiger partial charge in [0.15, 0.2) is 0 Å². The number of hydrogen-bond acceptors (Lipinski definition) is 6. The zero-order chi connectivity index (χ0) is 67.1. The molecule has 8 heterocycles. The van der Waals surface area contributed by atoms with Crippen molar-refractivity contribution >= 4 is 161 Å². The van der Waals surface area contributed by atoms with Gasteiger partial charge in [-0.1, -0.05) is 0 Å². The first-order valence-electron chi connectivity index (χ1n) is 35.6. The molecule has 0 spiro atoms. The molecule has 0 saturated carbocycles. The molecule has 0 radical (unpaired) electrons. The predicted molar refractivity (Wildman–Crippen MR) is 434 cm³/mol. The molecule has 23 rings (SSSR count). The average Bonchev–Trinajstić information content (AvgIpc) is 1.62. The number of fused-ring (bicyclic) bond motifs is 15. The van der Waals surface area contributed by atoms with Crippen LogP contribution >= 0.6 is 0 Å². The molecule has 476 valence electrons. The van der Waals surface area contributed by atoms with Crippen molar-refractivity contribution in [1.82, 2.24) is 0 Å². The Hall–Kier alpha value is -12.8. The molecule has 0 aliphatic carbocycles. The second kappa shape index (κ2) is 21.9. The fraction of sp³-hybridized carbons (Fsp3) is 0. The Labute approximate surface area is 604 Å². The van der Waals surface area contributed by atoms with Crippen LogP contribution in [0.1, 0.15) is 0 Å². The van der Waals surface area contributed by atoms with E-state index in [0.29, 0.717) is 0 Å². The summed E-state index contributed by atoms with van der Waals surface area (Å²) in [5.41, 5.74) is 40.9. The Morgan fingerprint density at radius 3 is 0.961 bits per heavy atom. The SMILES string of the molecule is c1ccc(-c2cc3c4c(c2)N(c2ccccc2)c2c(-c5ccccc5)cc(-c5ccccc5)cc2N4c2cccc4c2B3c2[se]c3c5c2N4c2ccccc2N5c2cccc4c2B3c2ccc(-c3ccccc3)c3c2N4c2cc(-c4ccccc4)cc(-c4ccccc4)c2N3c2ccccc2)cc1. The Morgan fingerprint density at radius 1 is 0.184 bits per heavy atom. The summed E-state index contributed by atoms with van der Waals surface area (Å²) < 4.78 is 2.99. The molecule has 9 heteroatoms. The fourth-order valence-electron chi connectivity index (χ4n) is 18.4. The van der Waals surface area contributed by atoms with Gasteiger partial charge in [0.1, 0.15) is 0 Å². The van der Waals surface area contributed by atoms with Crippen LogP contribution in [-0.2, 0) is 0 Å². The van der Waals surface area contributed by atoms with Gasteiger partial charge in [-0.3, -0.25) is 0 Å². The molecular formula is C94H58B2N6Se. The zero-order valence-corrected chi connectivity index (χ0v) is 57.4. The van der Waals surface area contributed by atoms with Gasteiger partial charge in [-0.05, 0) is 0 Å². The van der Waals surface area contributed by atoms with E-state index in [1.165, 1.54) is 149 Å². The summed E-state index contributed by atoms with van der Waals surface area (Å²) in [7, 11) is 0.